The third-order valence-electron chi connectivity index (χ3n) is 4.16. The highest BCUT2D eigenvalue weighted by atomic mass is 35.5. The van der Waals surface area contributed by atoms with Crippen LogP contribution in [-0.4, -0.2) is 22.8 Å². The monoisotopic (exact) mass is 404 g/mol. The number of rotatable bonds is 9. The molecule has 2 aromatic rings. The Morgan fingerprint density at radius 2 is 1.71 bits per heavy atom. The molecule has 0 heterocycles. The number of hydrogen-bond acceptors (Lipinski definition) is 5. The van der Waals surface area contributed by atoms with Crippen LogP contribution in [0.2, 0.25) is 0 Å². The van der Waals surface area contributed by atoms with Crippen LogP contribution in [0, 0.1) is 11.1 Å². The largest absolute Gasteiger partial charge is 0.594 e. The topological polar surface area (TPSA) is 74.0 Å². The van der Waals surface area contributed by atoms with E-state index in [4.69, 9.17) is 21.1 Å². The highest BCUT2D eigenvalue weighted by Crippen LogP contribution is 2.24. The number of alkyl halides is 1. The summed E-state index contributed by atoms with van der Waals surface area (Å²) < 4.78 is 10.8. The van der Waals surface area contributed by atoms with Gasteiger partial charge in [-0.25, -0.2) is 0 Å². The van der Waals surface area contributed by atoms with Gasteiger partial charge in [-0.2, -0.15) is 0 Å². The number of carbonyl (C=O) groups excluding carboxylic acids is 1. The molecule has 28 heavy (non-hydrogen) atoms. The molecule has 0 spiro atoms. The average Bonchev–Trinajstić information content (AvgIpc) is 2.72. The van der Waals surface area contributed by atoms with Crippen LogP contribution in [0.3, 0.4) is 0 Å². The molecule has 0 fully saturated rings. The van der Waals surface area contributed by atoms with Gasteiger partial charge in [-0.1, -0.05) is 32.1 Å². The predicted octanol–water partition coefficient (Wildman–Crippen LogP) is 5.96. The quantitative estimate of drug-likeness (QED) is 0.129. The van der Waals surface area contributed by atoms with Crippen LogP contribution in [0.4, 0.5) is 11.4 Å². The Bertz CT molecular complexity index is 791. The smallest absolute Gasteiger partial charge is 0.329 e. The van der Waals surface area contributed by atoms with E-state index in [1.165, 1.54) is 0 Å². The summed E-state index contributed by atoms with van der Waals surface area (Å²) in [6, 6.07) is 13.1. The first-order valence-electron chi connectivity index (χ1n) is 9.32. The van der Waals surface area contributed by atoms with Gasteiger partial charge in [-0.05, 0) is 48.7 Å². The molecule has 0 bridgehead atoms. The van der Waals surface area contributed by atoms with Gasteiger partial charge in [-0.15, -0.1) is 11.6 Å². The number of ether oxygens (including phenoxy) is 2. The van der Waals surface area contributed by atoms with E-state index in [1.54, 1.807) is 48.5 Å². The fourth-order valence-corrected chi connectivity index (χ4v) is 2.47. The maximum absolute atomic E-state index is 12.2. The van der Waals surface area contributed by atoms with E-state index in [-0.39, 0.29) is 5.92 Å². The van der Waals surface area contributed by atoms with Crippen molar-refractivity contribution in [2.24, 2.45) is 11.0 Å². The van der Waals surface area contributed by atoms with Crippen LogP contribution in [0.15, 0.2) is 53.6 Å². The summed E-state index contributed by atoms with van der Waals surface area (Å²) in [4.78, 5) is 12.5. The molecule has 0 N–H and O–H groups in total. The van der Waals surface area contributed by atoms with Crippen molar-refractivity contribution in [2.75, 3.05) is 6.61 Å². The van der Waals surface area contributed by atoms with Gasteiger partial charge in [0.15, 0.2) is 0 Å². The van der Waals surface area contributed by atoms with Crippen molar-refractivity contribution in [1.29, 1.82) is 0 Å². The number of halogens is 1. The molecular weight excluding hydrogens is 380 g/mol. The number of benzene rings is 2. The fourth-order valence-electron chi connectivity index (χ4n) is 2.24. The zero-order chi connectivity index (χ0) is 20.5. The number of hydrogen-bond donors (Lipinski definition) is 0. The lowest BCUT2D eigenvalue weighted by atomic mass is 10.1. The van der Waals surface area contributed by atoms with E-state index in [0.29, 0.717) is 34.3 Å². The van der Waals surface area contributed by atoms with Crippen LogP contribution in [-0.2, 0) is 4.79 Å². The van der Waals surface area contributed by atoms with Gasteiger partial charge in [0.2, 0.25) is 5.69 Å². The highest BCUT2D eigenvalue weighted by molar-refractivity contribution is 6.30. The summed E-state index contributed by atoms with van der Waals surface area (Å²) >= 11 is 6.09. The van der Waals surface area contributed by atoms with Gasteiger partial charge in [-0.3, -0.25) is 4.79 Å². The van der Waals surface area contributed by atoms with Crippen molar-refractivity contribution in [3.8, 4) is 11.5 Å². The van der Waals surface area contributed by atoms with Crippen molar-refractivity contribution >= 4 is 28.9 Å². The van der Waals surface area contributed by atoms with E-state index in [0.717, 1.165) is 12.8 Å². The highest BCUT2D eigenvalue weighted by Gasteiger charge is 2.23. The molecule has 0 aliphatic carbocycles. The van der Waals surface area contributed by atoms with Crippen LogP contribution in [0.1, 0.15) is 33.6 Å². The third-order valence-corrected chi connectivity index (χ3v) is 4.77. The molecule has 6 nitrogen and oxygen atoms in total. The van der Waals surface area contributed by atoms with Crippen molar-refractivity contribution in [1.82, 2.24) is 0 Å². The van der Waals surface area contributed by atoms with E-state index >= 15 is 0 Å². The Balaban J connectivity index is 2.01. The average molecular weight is 405 g/mol. The second kappa shape index (κ2) is 10.7. The van der Waals surface area contributed by atoms with Gasteiger partial charge in [0.1, 0.15) is 22.6 Å². The molecule has 0 radical (unpaired) electrons. The van der Waals surface area contributed by atoms with E-state index in [1.807, 2.05) is 20.8 Å². The van der Waals surface area contributed by atoms with E-state index < -0.39 is 11.3 Å². The van der Waals surface area contributed by atoms with Crippen molar-refractivity contribution < 1.29 is 19.1 Å². The number of esters is 1. The molecule has 7 heteroatoms. The van der Waals surface area contributed by atoms with Crippen LogP contribution < -0.4 is 9.47 Å². The minimum absolute atomic E-state index is 0.0243. The molecule has 0 unspecified atom stereocenters. The van der Waals surface area contributed by atoms with Gasteiger partial charge >= 0.3 is 5.97 Å². The Labute approximate surface area is 170 Å². The van der Waals surface area contributed by atoms with Crippen molar-refractivity contribution in [3.05, 3.63) is 53.7 Å². The lowest BCUT2D eigenvalue weighted by Crippen LogP contribution is -2.26. The summed E-state index contributed by atoms with van der Waals surface area (Å²) in [6.07, 6.45) is 1.70. The maximum Gasteiger partial charge on any atom is 0.329 e. The predicted molar refractivity (Wildman–Crippen MR) is 109 cm³/mol. The Morgan fingerprint density at radius 3 is 2.29 bits per heavy atom. The summed E-state index contributed by atoms with van der Waals surface area (Å²) in [5, 5.41) is 15.5. The second-order valence-electron chi connectivity index (χ2n) is 6.42. The molecule has 150 valence electrons. The minimum Gasteiger partial charge on any atom is -0.594 e. The first-order chi connectivity index (χ1) is 13.4. The van der Waals surface area contributed by atoms with Crippen LogP contribution in [0.5, 0.6) is 11.5 Å². The lowest BCUT2D eigenvalue weighted by Gasteiger charge is -2.14. The molecule has 2 atom stereocenters. The molecular formula is C21H25ClN2O4. The summed E-state index contributed by atoms with van der Waals surface area (Å²) in [6.45, 7) is 6.51. The van der Waals surface area contributed by atoms with Gasteiger partial charge in [0.25, 0.3) is 0 Å². The second-order valence-corrected chi connectivity index (χ2v) is 6.89. The van der Waals surface area contributed by atoms with Crippen LogP contribution in [0.25, 0.3) is 0 Å². The van der Waals surface area contributed by atoms with Gasteiger partial charge in [0.05, 0.1) is 6.61 Å². The van der Waals surface area contributed by atoms with E-state index in [9.17, 15) is 10.0 Å². The standard InChI is InChI=1S/C21H25ClN2O4/c1-4-14-27-18-12-8-17(9-13-18)24(26)23-16-6-10-19(11-7-16)28-21(25)20(22)15(3)5-2/h6-13,15,20H,4-5,14H2,1-3H3/t15-,20-/m0/s1. The molecule has 0 aliphatic rings. The summed E-state index contributed by atoms with van der Waals surface area (Å²) in [5.74, 6) is 0.598. The van der Waals surface area contributed by atoms with Crippen molar-refractivity contribution in [3.63, 3.8) is 0 Å². The first kappa shape index (κ1) is 21.7. The fraction of sp³-hybridized carbons (Fsp3) is 0.381. The minimum atomic E-state index is -0.698. The van der Waals surface area contributed by atoms with Crippen molar-refractivity contribution in [2.45, 2.75) is 39.0 Å². The van der Waals surface area contributed by atoms with Gasteiger partial charge < -0.3 is 14.7 Å². The summed E-state index contributed by atoms with van der Waals surface area (Å²) in [7, 11) is 0. The normalized spacial score (nSPS) is 13.6. The Hall–Kier alpha value is -2.60. The molecule has 0 amide bonds. The Morgan fingerprint density at radius 1 is 1.11 bits per heavy atom. The first-order valence-corrected chi connectivity index (χ1v) is 9.75. The molecule has 0 saturated heterocycles. The zero-order valence-corrected chi connectivity index (χ0v) is 17.1. The molecule has 0 aliphatic heterocycles. The molecule has 0 saturated carbocycles. The van der Waals surface area contributed by atoms with E-state index in [2.05, 4.69) is 5.11 Å². The zero-order valence-electron chi connectivity index (χ0n) is 16.3. The SMILES string of the molecule is CCCOc1ccc([N+]([O-])=Nc2ccc(OC(=O)[C@@H](Cl)[C@@H](C)CC)cc2)cc1. The van der Waals surface area contributed by atoms with Gasteiger partial charge in [0, 0.05) is 17.2 Å². The molecule has 2 aromatic carbocycles. The number of azo groups is 1. The van der Waals surface area contributed by atoms with Crippen LogP contribution >= 0.6 is 11.6 Å². The maximum atomic E-state index is 12.2. The summed E-state index contributed by atoms with van der Waals surface area (Å²) in [5.41, 5.74) is 0.823. The number of nitrogens with zero attached hydrogens (tertiary/aromatic N) is 2. The lowest BCUT2D eigenvalue weighted by molar-refractivity contribution is -0.435. The molecule has 2 rings (SSSR count). The molecule has 0 aromatic heterocycles. The third kappa shape index (κ3) is 6.23. The number of carbonyl (C=O) groups is 1. The Kier molecular flexibility index (Phi) is 8.26.